The van der Waals surface area contributed by atoms with E-state index >= 15 is 0 Å². The minimum absolute atomic E-state index is 0. The molecule has 8 heteroatoms. The molecule has 0 amide bonds. The van der Waals surface area contributed by atoms with Gasteiger partial charge in [-0.15, -0.1) is 35.3 Å². The van der Waals surface area contributed by atoms with Crippen molar-refractivity contribution in [1.29, 1.82) is 0 Å². The number of aliphatic imine (C=N–C) groups is 1. The molecule has 0 fully saturated rings. The van der Waals surface area contributed by atoms with E-state index in [0.29, 0.717) is 6.54 Å². The predicted octanol–water partition coefficient (Wildman–Crippen LogP) is 2.69. The van der Waals surface area contributed by atoms with Gasteiger partial charge in [0.1, 0.15) is 5.76 Å². The van der Waals surface area contributed by atoms with Crippen molar-refractivity contribution in [3.05, 3.63) is 38.9 Å². The van der Waals surface area contributed by atoms with E-state index in [1.807, 2.05) is 25.2 Å². The van der Waals surface area contributed by atoms with Gasteiger partial charge in [0.15, 0.2) is 5.96 Å². The van der Waals surface area contributed by atoms with Gasteiger partial charge in [-0.3, -0.25) is 9.89 Å². The summed E-state index contributed by atoms with van der Waals surface area (Å²) in [7, 11) is 1.79. The average molecular weight is 475 g/mol. The van der Waals surface area contributed by atoms with Crippen LogP contribution in [-0.2, 0) is 19.5 Å². The first kappa shape index (κ1) is 20.2. The number of guanidine groups is 1. The summed E-state index contributed by atoms with van der Waals surface area (Å²) in [5.74, 6) is 1.67. The summed E-state index contributed by atoms with van der Waals surface area (Å²) >= 11 is 1.88. The first-order chi connectivity index (χ1) is 11.7. The molecular formula is C17H26IN5OS. The molecule has 0 aliphatic carbocycles. The molecule has 0 aromatic carbocycles. The van der Waals surface area contributed by atoms with Crippen LogP contribution in [-0.4, -0.2) is 42.7 Å². The Balaban J connectivity index is 0.00000225. The van der Waals surface area contributed by atoms with Crippen LogP contribution in [0.4, 0.5) is 0 Å². The standard InChI is InChI=1S/C17H25N5OS.HI/c1-12-15(13(2)23-21-12)10-20-17(18-3)19-6-8-22-7-4-16-14(11-22)5-9-24-16;/h5,9H,4,6-8,10-11H2,1-3H3,(H2,18,19,20);1H. The number of thiophene rings is 1. The van der Waals surface area contributed by atoms with Crippen molar-refractivity contribution in [3.8, 4) is 0 Å². The molecule has 3 rings (SSSR count). The van der Waals surface area contributed by atoms with Crippen molar-refractivity contribution < 1.29 is 4.52 Å². The number of hydrogen-bond acceptors (Lipinski definition) is 5. The molecule has 6 nitrogen and oxygen atoms in total. The van der Waals surface area contributed by atoms with Crippen molar-refractivity contribution in [2.45, 2.75) is 33.4 Å². The van der Waals surface area contributed by atoms with E-state index < -0.39 is 0 Å². The van der Waals surface area contributed by atoms with E-state index in [4.69, 9.17) is 4.52 Å². The molecule has 0 radical (unpaired) electrons. The summed E-state index contributed by atoms with van der Waals surface area (Å²) in [6.07, 6.45) is 1.17. The quantitative estimate of drug-likeness (QED) is 0.396. The van der Waals surface area contributed by atoms with Gasteiger partial charge in [0, 0.05) is 50.2 Å². The van der Waals surface area contributed by atoms with Crippen LogP contribution in [0, 0.1) is 13.8 Å². The molecule has 0 atom stereocenters. The fraction of sp³-hybridized carbons (Fsp3) is 0.529. The highest BCUT2D eigenvalue weighted by Gasteiger charge is 2.16. The molecule has 0 spiro atoms. The zero-order valence-electron chi connectivity index (χ0n) is 15.0. The van der Waals surface area contributed by atoms with Crippen LogP contribution in [0.25, 0.3) is 0 Å². The number of halogens is 1. The average Bonchev–Trinajstić information content (AvgIpc) is 3.17. The van der Waals surface area contributed by atoms with Gasteiger partial charge in [0.2, 0.25) is 0 Å². The Hall–Kier alpha value is -1.13. The van der Waals surface area contributed by atoms with Crippen LogP contribution >= 0.6 is 35.3 Å². The van der Waals surface area contributed by atoms with E-state index in [2.05, 4.69) is 37.1 Å². The molecule has 1 aliphatic rings. The minimum atomic E-state index is 0. The number of rotatable bonds is 5. The number of nitrogens with one attached hydrogen (secondary N) is 2. The van der Waals surface area contributed by atoms with Gasteiger partial charge < -0.3 is 15.2 Å². The van der Waals surface area contributed by atoms with Crippen LogP contribution in [0.15, 0.2) is 21.0 Å². The van der Waals surface area contributed by atoms with Crippen molar-refractivity contribution in [2.24, 2.45) is 4.99 Å². The normalized spacial score (nSPS) is 14.8. The summed E-state index contributed by atoms with van der Waals surface area (Å²) in [6.45, 7) is 8.65. The van der Waals surface area contributed by atoms with Crippen LogP contribution < -0.4 is 10.6 Å². The van der Waals surface area contributed by atoms with Gasteiger partial charge in [0.25, 0.3) is 0 Å². The van der Waals surface area contributed by atoms with Gasteiger partial charge in [0.05, 0.1) is 5.69 Å². The maximum atomic E-state index is 5.19. The van der Waals surface area contributed by atoms with Crippen LogP contribution in [0.2, 0.25) is 0 Å². The van der Waals surface area contributed by atoms with Crippen LogP contribution in [0.1, 0.15) is 27.5 Å². The molecule has 0 saturated heterocycles. The molecule has 1 aliphatic heterocycles. The van der Waals surface area contributed by atoms with Crippen molar-refractivity contribution >= 4 is 41.3 Å². The fourth-order valence-corrected chi connectivity index (χ4v) is 3.87. The first-order valence-corrected chi connectivity index (χ1v) is 9.19. The number of hydrogen-bond donors (Lipinski definition) is 2. The number of fused-ring (bicyclic) bond motifs is 1. The van der Waals surface area contributed by atoms with E-state index in [1.54, 1.807) is 11.9 Å². The Morgan fingerprint density at radius 2 is 2.24 bits per heavy atom. The number of aryl methyl sites for hydroxylation is 2. The minimum Gasteiger partial charge on any atom is -0.361 e. The highest BCUT2D eigenvalue weighted by molar-refractivity contribution is 14.0. The maximum Gasteiger partial charge on any atom is 0.191 e. The molecule has 2 aromatic rings. The molecule has 0 saturated carbocycles. The molecule has 2 N–H and O–H groups in total. The van der Waals surface area contributed by atoms with Gasteiger partial charge >= 0.3 is 0 Å². The second-order valence-corrected chi connectivity index (χ2v) is 7.05. The second kappa shape index (κ2) is 9.54. The largest absolute Gasteiger partial charge is 0.361 e. The SMILES string of the molecule is CN=C(NCCN1CCc2sccc2C1)NCc1c(C)noc1C.I. The van der Waals surface area contributed by atoms with Gasteiger partial charge in [-0.1, -0.05) is 5.16 Å². The maximum absolute atomic E-state index is 5.19. The Bertz CT molecular complexity index is 692. The molecule has 0 unspecified atom stereocenters. The third-order valence-electron chi connectivity index (χ3n) is 4.44. The zero-order chi connectivity index (χ0) is 16.9. The summed E-state index contributed by atoms with van der Waals surface area (Å²) in [5.41, 5.74) is 3.52. The Morgan fingerprint density at radius 3 is 2.96 bits per heavy atom. The third kappa shape index (κ3) is 5.18. The van der Waals surface area contributed by atoms with Crippen molar-refractivity contribution in [3.63, 3.8) is 0 Å². The van der Waals surface area contributed by atoms with Gasteiger partial charge in [-0.2, -0.15) is 0 Å². The van der Waals surface area contributed by atoms with E-state index in [9.17, 15) is 0 Å². The molecule has 25 heavy (non-hydrogen) atoms. The van der Waals surface area contributed by atoms with Crippen molar-refractivity contribution in [1.82, 2.24) is 20.7 Å². The topological polar surface area (TPSA) is 65.7 Å². The summed E-state index contributed by atoms with van der Waals surface area (Å²) < 4.78 is 5.19. The van der Waals surface area contributed by atoms with Crippen LogP contribution in [0.5, 0.6) is 0 Å². The summed E-state index contributed by atoms with van der Waals surface area (Å²) in [4.78, 5) is 8.33. The van der Waals surface area contributed by atoms with Gasteiger partial charge in [-0.05, 0) is 37.3 Å². The molecule has 138 valence electrons. The van der Waals surface area contributed by atoms with E-state index in [1.165, 1.54) is 12.0 Å². The molecule has 3 heterocycles. The van der Waals surface area contributed by atoms with Crippen molar-refractivity contribution in [2.75, 3.05) is 26.7 Å². The lowest BCUT2D eigenvalue weighted by atomic mass is 10.1. The monoisotopic (exact) mass is 475 g/mol. The summed E-state index contributed by atoms with van der Waals surface area (Å²) in [6, 6.07) is 2.25. The number of aromatic nitrogens is 1. The first-order valence-electron chi connectivity index (χ1n) is 8.31. The Kier molecular flexibility index (Phi) is 7.70. The lowest BCUT2D eigenvalue weighted by Crippen LogP contribution is -2.42. The van der Waals surface area contributed by atoms with E-state index in [-0.39, 0.29) is 24.0 Å². The Morgan fingerprint density at radius 1 is 1.40 bits per heavy atom. The lowest BCUT2D eigenvalue weighted by molar-refractivity contribution is 0.260. The second-order valence-electron chi connectivity index (χ2n) is 6.05. The number of nitrogens with zero attached hydrogens (tertiary/aromatic N) is 3. The zero-order valence-corrected chi connectivity index (χ0v) is 18.1. The summed E-state index contributed by atoms with van der Waals surface area (Å²) in [5, 5.41) is 12.9. The highest BCUT2D eigenvalue weighted by atomic mass is 127. The molecular weight excluding hydrogens is 449 g/mol. The third-order valence-corrected chi connectivity index (χ3v) is 5.47. The van der Waals surface area contributed by atoms with E-state index in [0.717, 1.165) is 49.2 Å². The smallest absolute Gasteiger partial charge is 0.191 e. The predicted molar refractivity (Wildman–Crippen MR) is 113 cm³/mol. The lowest BCUT2D eigenvalue weighted by Gasteiger charge is -2.27. The molecule has 2 aromatic heterocycles. The fourth-order valence-electron chi connectivity index (χ4n) is 2.98. The molecule has 0 bridgehead atoms. The van der Waals surface area contributed by atoms with Gasteiger partial charge in [-0.25, -0.2) is 0 Å². The highest BCUT2D eigenvalue weighted by Crippen LogP contribution is 2.23. The Labute approximate surface area is 170 Å². The van der Waals surface area contributed by atoms with Crippen LogP contribution in [0.3, 0.4) is 0 Å².